The van der Waals surface area contributed by atoms with Crippen molar-refractivity contribution in [2.75, 3.05) is 57.9 Å². The van der Waals surface area contributed by atoms with Crippen LogP contribution in [0.4, 0.5) is 11.4 Å². The predicted molar refractivity (Wildman–Crippen MR) is 79.4 cm³/mol. The molecule has 0 spiro atoms. The monoisotopic (exact) mass is 314 g/mol. The van der Waals surface area contributed by atoms with Gasteiger partial charge in [0.2, 0.25) is 0 Å². The van der Waals surface area contributed by atoms with Crippen LogP contribution in [0, 0.1) is 0 Å². The average molecular weight is 315 g/mol. The van der Waals surface area contributed by atoms with Crippen LogP contribution in [0.5, 0.6) is 5.75 Å². The molecule has 1 aliphatic heterocycles. The number of nitrogens with zero attached hydrogens (tertiary/aromatic N) is 2. The largest absolute Gasteiger partial charge is 1.00 e. The fraction of sp³-hybridized carbons (Fsp3) is 0.500. The quantitative estimate of drug-likeness (QED) is 0.322. The summed E-state index contributed by atoms with van der Waals surface area (Å²) in [6.45, 7) is 4.26. The summed E-state index contributed by atoms with van der Waals surface area (Å²) < 4.78 is 0.712. The third-order valence-electron chi connectivity index (χ3n) is 3.91. The van der Waals surface area contributed by atoms with Crippen LogP contribution in [0.1, 0.15) is 0 Å². The molecular formula is C14H23ClN4O2. The van der Waals surface area contributed by atoms with Gasteiger partial charge in [0.25, 0.3) is 5.91 Å². The number of hydrogen-bond donors (Lipinski definition) is 3. The first kappa shape index (κ1) is 17.6. The van der Waals surface area contributed by atoms with Crippen molar-refractivity contribution in [2.45, 2.75) is 0 Å². The minimum absolute atomic E-state index is 0. The summed E-state index contributed by atoms with van der Waals surface area (Å²) in [4.78, 5) is 14.4. The first-order chi connectivity index (χ1) is 9.39. The lowest BCUT2D eigenvalue weighted by molar-refractivity contribution is -0.905. The number of nitrogen functional groups attached to an aromatic ring is 1. The molecule has 1 fully saturated rings. The summed E-state index contributed by atoms with van der Waals surface area (Å²) in [7, 11) is 4.17. The predicted octanol–water partition coefficient (Wildman–Crippen LogP) is -2.69. The molecule has 1 aromatic rings. The zero-order chi connectivity index (χ0) is 14.8. The Kier molecular flexibility index (Phi) is 5.83. The van der Waals surface area contributed by atoms with E-state index in [1.807, 2.05) is 0 Å². The standard InChI is InChI=1S/C14H22N4O2.ClH/c1-17-6-8-18(2,9-7-17)10-13(20)16-14-11(15)4-3-5-12(14)19;/h3-5H,6-10,15H2,1-2H3,(H-,16,19,20);1H. The summed E-state index contributed by atoms with van der Waals surface area (Å²) in [6.07, 6.45) is 0. The Hall–Kier alpha value is -1.50. The Bertz CT molecular complexity index is 481. The van der Waals surface area contributed by atoms with Crippen LogP contribution < -0.4 is 23.5 Å². The van der Waals surface area contributed by atoms with Crippen LogP contribution in [-0.4, -0.2) is 67.2 Å². The molecule has 0 saturated carbocycles. The third kappa shape index (κ3) is 4.49. The van der Waals surface area contributed by atoms with Gasteiger partial charge in [-0.25, -0.2) is 0 Å². The minimum atomic E-state index is -0.120. The lowest BCUT2D eigenvalue weighted by Crippen LogP contribution is -3.00. The molecule has 6 nitrogen and oxygen atoms in total. The number of carbonyl (C=O) groups is 1. The number of quaternary nitrogens is 1. The molecule has 1 saturated heterocycles. The van der Waals surface area contributed by atoms with Gasteiger partial charge in [0.15, 0.2) is 6.54 Å². The van der Waals surface area contributed by atoms with E-state index < -0.39 is 0 Å². The zero-order valence-electron chi connectivity index (χ0n) is 12.5. The van der Waals surface area contributed by atoms with Crippen LogP contribution in [0.25, 0.3) is 0 Å². The van der Waals surface area contributed by atoms with E-state index in [0.717, 1.165) is 26.2 Å². The Morgan fingerprint density at radius 3 is 2.62 bits per heavy atom. The maximum Gasteiger partial charge on any atom is 0.279 e. The summed E-state index contributed by atoms with van der Waals surface area (Å²) in [5.74, 6) is -0.121. The lowest BCUT2D eigenvalue weighted by Gasteiger charge is -2.40. The number of halogens is 1. The lowest BCUT2D eigenvalue weighted by atomic mass is 10.2. The van der Waals surface area contributed by atoms with Gasteiger partial charge in [-0.3, -0.25) is 9.69 Å². The fourth-order valence-corrected chi connectivity index (χ4v) is 2.43. The van der Waals surface area contributed by atoms with Crippen molar-refractivity contribution < 1.29 is 26.8 Å². The second-order valence-electron chi connectivity index (χ2n) is 5.82. The molecule has 1 aromatic carbocycles. The van der Waals surface area contributed by atoms with Crippen molar-refractivity contribution in [3.05, 3.63) is 18.2 Å². The number of rotatable bonds is 3. The van der Waals surface area contributed by atoms with Gasteiger partial charge < -0.3 is 33.0 Å². The Morgan fingerprint density at radius 1 is 1.43 bits per heavy atom. The van der Waals surface area contributed by atoms with E-state index in [1.165, 1.54) is 6.07 Å². The number of nitrogens with two attached hydrogens (primary N) is 1. The van der Waals surface area contributed by atoms with Crippen LogP contribution in [0.2, 0.25) is 0 Å². The number of phenols is 1. The van der Waals surface area contributed by atoms with Crippen LogP contribution in [0.3, 0.4) is 0 Å². The molecule has 0 radical (unpaired) electrons. The van der Waals surface area contributed by atoms with Crippen molar-refractivity contribution >= 4 is 17.3 Å². The van der Waals surface area contributed by atoms with E-state index in [-0.39, 0.29) is 24.1 Å². The molecule has 1 heterocycles. The summed E-state index contributed by atoms with van der Waals surface area (Å²) in [5.41, 5.74) is 6.45. The molecule has 0 atom stereocenters. The molecule has 0 unspecified atom stereocenters. The maximum absolute atomic E-state index is 12.2. The molecule has 4 N–H and O–H groups in total. The molecule has 1 amide bonds. The number of piperazine rings is 1. The van der Waals surface area contributed by atoms with Gasteiger partial charge >= 0.3 is 0 Å². The number of likely N-dealkylation sites (N-methyl/N-ethyl adjacent to an activating group) is 2. The van der Waals surface area contributed by atoms with Crippen molar-refractivity contribution in [1.29, 1.82) is 0 Å². The Morgan fingerprint density at radius 2 is 2.05 bits per heavy atom. The average Bonchev–Trinajstić information content (AvgIpc) is 2.38. The van der Waals surface area contributed by atoms with Crippen LogP contribution in [0.15, 0.2) is 18.2 Å². The summed E-state index contributed by atoms with van der Waals surface area (Å²) in [5, 5.41) is 12.5. The SMILES string of the molecule is CN1CC[N+](C)(CC(=O)Nc2c(N)cccc2O)CC1.[Cl-]. The molecule has 2 rings (SSSR count). The molecule has 21 heavy (non-hydrogen) atoms. The highest BCUT2D eigenvalue weighted by molar-refractivity contribution is 5.96. The second-order valence-corrected chi connectivity index (χ2v) is 5.82. The first-order valence-electron chi connectivity index (χ1n) is 6.79. The second kappa shape index (κ2) is 6.98. The summed E-state index contributed by atoms with van der Waals surface area (Å²) in [6, 6.07) is 4.81. The highest BCUT2D eigenvalue weighted by Gasteiger charge is 2.30. The van der Waals surface area contributed by atoms with E-state index in [4.69, 9.17) is 5.73 Å². The molecule has 7 heteroatoms. The van der Waals surface area contributed by atoms with Gasteiger partial charge in [-0.1, -0.05) is 6.07 Å². The first-order valence-corrected chi connectivity index (χ1v) is 6.79. The smallest absolute Gasteiger partial charge is 0.279 e. The van der Waals surface area contributed by atoms with Crippen molar-refractivity contribution in [3.63, 3.8) is 0 Å². The van der Waals surface area contributed by atoms with Crippen molar-refractivity contribution in [1.82, 2.24) is 4.90 Å². The van der Waals surface area contributed by atoms with Crippen molar-refractivity contribution in [3.8, 4) is 5.75 Å². The maximum atomic E-state index is 12.2. The molecular weight excluding hydrogens is 292 g/mol. The summed E-state index contributed by atoms with van der Waals surface area (Å²) >= 11 is 0. The molecule has 1 aliphatic rings. The van der Waals surface area contributed by atoms with Gasteiger partial charge in [0, 0.05) is 13.1 Å². The van der Waals surface area contributed by atoms with Crippen LogP contribution >= 0.6 is 0 Å². The third-order valence-corrected chi connectivity index (χ3v) is 3.91. The number of para-hydroxylation sites is 1. The number of amides is 1. The van der Waals surface area contributed by atoms with E-state index in [0.29, 0.717) is 22.4 Å². The van der Waals surface area contributed by atoms with E-state index in [1.54, 1.807) is 12.1 Å². The number of aromatic hydroxyl groups is 1. The number of hydrogen-bond acceptors (Lipinski definition) is 4. The van der Waals surface area contributed by atoms with Gasteiger partial charge in [-0.15, -0.1) is 0 Å². The highest BCUT2D eigenvalue weighted by atomic mass is 35.5. The minimum Gasteiger partial charge on any atom is -1.00 e. The molecule has 0 aliphatic carbocycles. The number of anilines is 2. The highest BCUT2D eigenvalue weighted by Crippen LogP contribution is 2.29. The van der Waals surface area contributed by atoms with Gasteiger partial charge in [0.05, 0.1) is 25.8 Å². The normalized spacial score (nSPS) is 17.8. The number of benzene rings is 1. The molecule has 118 valence electrons. The number of carbonyl (C=O) groups excluding carboxylic acids is 1. The van der Waals surface area contributed by atoms with E-state index in [9.17, 15) is 9.90 Å². The Balaban J connectivity index is 0.00000220. The van der Waals surface area contributed by atoms with Gasteiger partial charge in [-0.2, -0.15) is 0 Å². The Labute approximate surface area is 131 Å². The van der Waals surface area contributed by atoms with Gasteiger partial charge in [-0.05, 0) is 19.2 Å². The zero-order valence-corrected chi connectivity index (χ0v) is 13.2. The molecule has 0 bridgehead atoms. The number of nitrogens with one attached hydrogen (secondary N) is 1. The van der Waals surface area contributed by atoms with Gasteiger partial charge in [0.1, 0.15) is 11.4 Å². The van der Waals surface area contributed by atoms with E-state index >= 15 is 0 Å². The topological polar surface area (TPSA) is 78.6 Å². The van der Waals surface area contributed by atoms with Crippen molar-refractivity contribution in [2.24, 2.45) is 0 Å². The van der Waals surface area contributed by atoms with Crippen LogP contribution in [-0.2, 0) is 4.79 Å². The number of phenolic OH excluding ortho intramolecular Hbond substituents is 1. The molecule has 0 aromatic heterocycles. The fourth-order valence-electron chi connectivity index (χ4n) is 2.43. The van der Waals surface area contributed by atoms with E-state index in [2.05, 4.69) is 24.3 Å².